The summed E-state index contributed by atoms with van der Waals surface area (Å²) in [6.07, 6.45) is 0.963. The predicted octanol–water partition coefficient (Wildman–Crippen LogP) is -1.00. The molecule has 108 valence electrons. The van der Waals surface area contributed by atoms with Gasteiger partial charge in [-0.25, -0.2) is 4.98 Å². The van der Waals surface area contributed by atoms with Gasteiger partial charge in [-0.3, -0.25) is 14.3 Å². The number of aliphatic hydroxyl groups excluding tert-OH is 1. The molecular formula is C11H15N5O4. The van der Waals surface area contributed by atoms with Crippen LogP contribution in [0.3, 0.4) is 0 Å². The number of imidazole rings is 1. The Morgan fingerprint density at radius 1 is 1.70 bits per heavy atom. The van der Waals surface area contributed by atoms with E-state index < -0.39 is 17.9 Å². The zero-order valence-corrected chi connectivity index (χ0v) is 10.8. The summed E-state index contributed by atoms with van der Waals surface area (Å²) in [6.45, 7) is -0.141. The van der Waals surface area contributed by atoms with Gasteiger partial charge in [0.1, 0.15) is 12.3 Å². The highest BCUT2D eigenvalue weighted by atomic mass is 16.6. The summed E-state index contributed by atoms with van der Waals surface area (Å²) >= 11 is 0. The lowest BCUT2D eigenvalue weighted by atomic mass is 10.2. The van der Waals surface area contributed by atoms with Gasteiger partial charge in [-0.15, -0.1) is 0 Å². The summed E-state index contributed by atoms with van der Waals surface area (Å²) in [5, 5.41) is 9.26. The van der Waals surface area contributed by atoms with Crippen LogP contribution in [0, 0.1) is 0 Å². The van der Waals surface area contributed by atoms with Crippen molar-refractivity contribution in [2.24, 2.45) is 0 Å². The van der Waals surface area contributed by atoms with Gasteiger partial charge < -0.3 is 20.3 Å². The van der Waals surface area contributed by atoms with Crippen LogP contribution >= 0.6 is 0 Å². The van der Waals surface area contributed by atoms with Crippen molar-refractivity contribution in [2.45, 2.75) is 24.9 Å². The number of aromatic nitrogens is 4. The molecule has 0 saturated carbocycles. The molecular weight excluding hydrogens is 266 g/mol. The molecule has 2 aromatic rings. The lowest BCUT2D eigenvalue weighted by Gasteiger charge is -2.14. The van der Waals surface area contributed by atoms with Crippen LogP contribution < -0.4 is 11.3 Å². The molecule has 3 heterocycles. The minimum atomic E-state index is -0.415. The maximum atomic E-state index is 11.7. The van der Waals surface area contributed by atoms with Gasteiger partial charge in [-0.05, 0) is 0 Å². The third-order valence-corrected chi connectivity index (χ3v) is 3.42. The normalized spacial score (nSPS) is 26.4. The zero-order valence-electron chi connectivity index (χ0n) is 10.8. The van der Waals surface area contributed by atoms with E-state index in [9.17, 15) is 9.90 Å². The van der Waals surface area contributed by atoms with Crippen LogP contribution in [0.2, 0.25) is 0 Å². The number of hydrogen-bond donors (Lipinski definition) is 3. The van der Waals surface area contributed by atoms with Gasteiger partial charge in [0.15, 0.2) is 11.2 Å². The van der Waals surface area contributed by atoms with E-state index in [0.717, 1.165) is 0 Å². The molecule has 1 aliphatic rings. The smallest absolute Gasteiger partial charge is 0.280 e. The maximum Gasteiger partial charge on any atom is 0.280 e. The molecule has 0 bridgehead atoms. The molecule has 9 heteroatoms. The van der Waals surface area contributed by atoms with Crippen LogP contribution in [-0.4, -0.2) is 50.6 Å². The third-order valence-electron chi connectivity index (χ3n) is 3.42. The monoisotopic (exact) mass is 281 g/mol. The van der Waals surface area contributed by atoms with Gasteiger partial charge in [-0.2, -0.15) is 4.98 Å². The van der Waals surface area contributed by atoms with E-state index in [2.05, 4.69) is 15.0 Å². The highest BCUT2D eigenvalue weighted by Crippen LogP contribution is 2.31. The van der Waals surface area contributed by atoms with E-state index in [1.165, 1.54) is 6.33 Å². The van der Waals surface area contributed by atoms with Gasteiger partial charge in [0, 0.05) is 13.5 Å². The number of hydrogen-bond acceptors (Lipinski definition) is 7. The Bertz CT molecular complexity index is 669. The quantitative estimate of drug-likeness (QED) is 0.658. The fraction of sp³-hybridized carbons (Fsp3) is 0.545. The van der Waals surface area contributed by atoms with Gasteiger partial charge in [0.25, 0.3) is 5.56 Å². The predicted molar refractivity (Wildman–Crippen MR) is 69.0 cm³/mol. The van der Waals surface area contributed by atoms with Crippen molar-refractivity contribution in [2.75, 3.05) is 19.5 Å². The summed E-state index contributed by atoms with van der Waals surface area (Å²) in [5.74, 6) is 0.0178. The van der Waals surface area contributed by atoms with Crippen LogP contribution in [0.15, 0.2) is 11.1 Å². The topological polar surface area (TPSA) is 128 Å². The molecule has 1 saturated heterocycles. The Balaban J connectivity index is 2.01. The number of nitrogens with zero attached hydrogens (tertiary/aromatic N) is 3. The lowest BCUT2D eigenvalue weighted by molar-refractivity contribution is -0.0512. The number of ether oxygens (including phenoxy) is 2. The van der Waals surface area contributed by atoms with Gasteiger partial charge in [-0.1, -0.05) is 0 Å². The highest BCUT2D eigenvalue weighted by molar-refractivity contribution is 5.70. The standard InChI is InChI=1S/C11H15N5O4/c1-19-5-2-7(20-6(5)3-17)16-4-13-8-9(16)14-11(12)15-10(8)18/h4-7,17H,2-3H2,1H3,(H3,12,14,15,18)/t5?,6-,7-/m1/s1. The third kappa shape index (κ3) is 1.96. The molecule has 1 unspecified atom stereocenters. The molecule has 1 fully saturated rings. The van der Waals surface area contributed by atoms with E-state index in [0.29, 0.717) is 12.1 Å². The Kier molecular flexibility index (Phi) is 3.16. The number of H-pyrrole nitrogens is 1. The van der Waals surface area contributed by atoms with Crippen LogP contribution in [-0.2, 0) is 9.47 Å². The van der Waals surface area contributed by atoms with E-state index in [4.69, 9.17) is 15.2 Å². The minimum Gasteiger partial charge on any atom is -0.394 e. The number of rotatable bonds is 3. The molecule has 9 nitrogen and oxygen atoms in total. The van der Waals surface area contributed by atoms with Crippen molar-refractivity contribution in [3.05, 3.63) is 16.7 Å². The number of anilines is 1. The number of fused-ring (bicyclic) bond motifs is 1. The fourth-order valence-corrected chi connectivity index (χ4v) is 2.44. The molecule has 0 amide bonds. The minimum absolute atomic E-state index is 0.0178. The van der Waals surface area contributed by atoms with E-state index >= 15 is 0 Å². The lowest BCUT2D eigenvalue weighted by Crippen LogP contribution is -2.26. The molecule has 0 aromatic carbocycles. The fourth-order valence-electron chi connectivity index (χ4n) is 2.44. The van der Waals surface area contributed by atoms with E-state index in [1.54, 1.807) is 11.7 Å². The van der Waals surface area contributed by atoms with Gasteiger partial charge in [0.05, 0.1) is 19.0 Å². The largest absolute Gasteiger partial charge is 0.394 e. The first kappa shape index (κ1) is 13.0. The molecule has 1 aliphatic heterocycles. The summed E-state index contributed by atoms with van der Waals surface area (Å²) in [7, 11) is 1.56. The SMILES string of the molecule is COC1C[C@H](n2cnc3c(=O)[nH]c(N)nc32)O[C@@H]1CO. The number of methoxy groups -OCH3 is 1. The Hall–Kier alpha value is -1.97. The summed E-state index contributed by atoms with van der Waals surface area (Å²) in [6, 6.07) is 0. The van der Waals surface area contributed by atoms with Crippen LogP contribution in [0.5, 0.6) is 0 Å². The average Bonchev–Trinajstić information content (AvgIpc) is 3.01. The first-order chi connectivity index (χ1) is 9.63. The number of nitrogens with two attached hydrogens (primary N) is 1. The molecule has 20 heavy (non-hydrogen) atoms. The summed E-state index contributed by atoms with van der Waals surface area (Å²) in [4.78, 5) is 22.2. The van der Waals surface area contributed by atoms with E-state index in [1.807, 2.05) is 0 Å². The Morgan fingerprint density at radius 3 is 3.15 bits per heavy atom. The Labute approximate surface area is 113 Å². The summed E-state index contributed by atoms with van der Waals surface area (Å²) < 4.78 is 12.6. The maximum absolute atomic E-state index is 11.7. The first-order valence-electron chi connectivity index (χ1n) is 6.15. The van der Waals surface area contributed by atoms with Crippen LogP contribution in [0.25, 0.3) is 11.2 Å². The van der Waals surface area contributed by atoms with Gasteiger partial charge in [0.2, 0.25) is 5.95 Å². The molecule has 4 N–H and O–H groups in total. The van der Waals surface area contributed by atoms with Crippen molar-refractivity contribution in [3.8, 4) is 0 Å². The first-order valence-corrected chi connectivity index (χ1v) is 6.15. The Morgan fingerprint density at radius 2 is 2.50 bits per heavy atom. The number of nitrogen functional groups attached to an aromatic ring is 1. The number of aromatic amines is 1. The van der Waals surface area contributed by atoms with E-state index in [-0.39, 0.29) is 24.2 Å². The van der Waals surface area contributed by atoms with Crippen molar-refractivity contribution in [1.82, 2.24) is 19.5 Å². The second-order valence-corrected chi connectivity index (χ2v) is 4.60. The molecule has 0 spiro atoms. The average molecular weight is 281 g/mol. The summed E-state index contributed by atoms with van der Waals surface area (Å²) in [5.41, 5.74) is 5.70. The molecule has 0 aliphatic carbocycles. The molecule has 3 rings (SSSR count). The zero-order chi connectivity index (χ0) is 14.3. The highest BCUT2D eigenvalue weighted by Gasteiger charge is 2.36. The molecule has 3 atom stereocenters. The second-order valence-electron chi connectivity index (χ2n) is 4.60. The van der Waals surface area contributed by atoms with Crippen molar-refractivity contribution in [1.29, 1.82) is 0 Å². The number of nitrogens with one attached hydrogen (secondary N) is 1. The van der Waals surface area contributed by atoms with Crippen LogP contribution in [0.4, 0.5) is 5.95 Å². The van der Waals surface area contributed by atoms with Crippen molar-refractivity contribution >= 4 is 17.1 Å². The molecule has 0 radical (unpaired) electrons. The van der Waals surface area contributed by atoms with Crippen molar-refractivity contribution in [3.63, 3.8) is 0 Å². The second kappa shape index (κ2) is 4.85. The van der Waals surface area contributed by atoms with Gasteiger partial charge >= 0.3 is 0 Å². The van der Waals surface area contributed by atoms with Crippen molar-refractivity contribution < 1.29 is 14.6 Å². The number of aliphatic hydroxyl groups is 1. The molecule has 2 aromatic heterocycles. The van der Waals surface area contributed by atoms with Crippen LogP contribution in [0.1, 0.15) is 12.6 Å².